The molecule has 1 heterocycles. The SMILES string of the molecule is Nc1cnn(CCNC(=O)C2CCC3CCCCC3C2)c1. The number of nitrogens with two attached hydrogens (primary N) is 1. The Kier molecular flexibility index (Phi) is 4.46. The molecule has 3 atom stereocenters. The Morgan fingerprint density at radius 3 is 2.86 bits per heavy atom. The monoisotopic (exact) mass is 290 g/mol. The van der Waals surface area contributed by atoms with Gasteiger partial charge in [-0.15, -0.1) is 0 Å². The van der Waals surface area contributed by atoms with Crippen molar-refractivity contribution in [1.82, 2.24) is 15.1 Å². The fourth-order valence-corrected chi connectivity index (χ4v) is 4.05. The van der Waals surface area contributed by atoms with Crippen LogP contribution in [0.1, 0.15) is 44.9 Å². The summed E-state index contributed by atoms with van der Waals surface area (Å²) in [6.07, 6.45) is 12.3. The third-order valence-corrected chi connectivity index (χ3v) is 5.20. The summed E-state index contributed by atoms with van der Waals surface area (Å²) in [6.45, 7) is 1.31. The number of carbonyl (C=O) groups is 1. The minimum absolute atomic E-state index is 0.229. The molecule has 5 heteroatoms. The number of anilines is 1. The van der Waals surface area contributed by atoms with Crippen LogP contribution in [0.15, 0.2) is 12.4 Å². The molecule has 2 aliphatic carbocycles. The van der Waals surface area contributed by atoms with E-state index < -0.39 is 0 Å². The Labute approximate surface area is 126 Å². The molecule has 116 valence electrons. The Bertz CT molecular complexity index is 484. The van der Waals surface area contributed by atoms with Crippen molar-refractivity contribution in [3.05, 3.63) is 12.4 Å². The van der Waals surface area contributed by atoms with Crippen molar-refractivity contribution in [3.8, 4) is 0 Å². The van der Waals surface area contributed by atoms with Gasteiger partial charge in [0.25, 0.3) is 0 Å². The van der Waals surface area contributed by atoms with Crippen LogP contribution in [0.3, 0.4) is 0 Å². The lowest BCUT2D eigenvalue weighted by Gasteiger charge is -2.38. The van der Waals surface area contributed by atoms with Crippen LogP contribution in [-0.2, 0) is 11.3 Å². The van der Waals surface area contributed by atoms with Crippen LogP contribution >= 0.6 is 0 Å². The lowest BCUT2D eigenvalue weighted by molar-refractivity contribution is -0.127. The second-order valence-corrected chi connectivity index (χ2v) is 6.64. The summed E-state index contributed by atoms with van der Waals surface area (Å²) >= 11 is 0. The smallest absolute Gasteiger partial charge is 0.223 e. The summed E-state index contributed by atoms with van der Waals surface area (Å²) in [6, 6.07) is 0. The summed E-state index contributed by atoms with van der Waals surface area (Å²) in [7, 11) is 0. The van der Waals surface area contributed by atoms with Crippen LogP contribution in [0.5, 0.6) is 0 Å². The van der Waals surface area contributed by atoms with Crippen LogP contribution in [0.2, 0.25) is 0 Å². The first-order valence-electron chi connectivity index (χ1n) is 8.28. The first kappa shape index (κ1) is 14.4. The lowest BCUT2D eigenvalue weighted by Crippen LogP contribution is -2.38. The number of rotatable bonds is 4. The zero-order valence-corrected chi connectivity index (χ0v) is 12.6. The second kappa shape index (κ2) is 6.50. The Hall–Kier alpha value is -1.52. The number of nitrogens with one attached hydrogen (secondary N) is 1. The molecule has 1 amide bonds. The highest BCUT2D eigenvalue weighted by Crippen LogP contribution is 2.42. The van der Waals surface area contributed by atoms with Crippen LogP contribution < -0.4 is 11.1 Å². The highest BCUT2D eigenvalue weighted by atomic mass is 16.1. The molecule has 0 saturated heterocycles. The fourth-order valence-electron chi connectivity index (χ4n) is 4.05. The van der Waals surface area contributed by atoms with Crippen molar-refractivity contribution in [2.75, 3.05) is 12.3 Å². The van der Waals surface area contributed by atoms with E-state index in [9.17, 15) is 4.79 Å². The summed E-state index contributed by atoms with van der Waals surface area (Å²) in [5.41, 5.74) is 6.28. The molecule has 1 aromatic rings. The summed E-state index contributed by atoms with van der Waals surface area (Å²) < 4.78 is 1.77. The van der Waals surface area contributed by atoms with Gasteiger partial charge in [-0.2, -0.15) is 5.10 Å². The number of hydrogen-bond donors (Lipinski definition) is 2. The van der Waals surface area contributed by atoms with Crippen LogP contribution in [0.4, 0.5) is 5.69 Å². The van der Waals surface area contributed by atoms with Crippen LogP contribution in [-0.4, -0.2) is 22.2 Å². The van der Waals surface area contributed by atoms with Gasteiger partial charge in [0.15, 0.2) is 0 Å². The molecule has 2 fully saturated rings. The molecule has 3 rings (SSSR count). The van der Waals surface area contributed by atoms with Gasteiger partial charge >= 0.3 is 0 Å². The third kappa shape index (κ3) is 3.57. The van der Waals surface area contributed by atoms with E-state index in [0.717, 1.165) is 24.7 Å². The normalized spacial score (nSPS) is 28.9. The van der Waals surface area contributed by atoms with E-state index in [2.05, 4.69) is 10.4 Å². The van der Waals surface area contributed by atoms with Crippen molar-refractivity contribution < 1.29 is 4.79 Å². The molecule has 1 aromatic heterocycles. The minimum atomic E-state index is 0.229. The van der Waals surface area contributed by atoms with Crippen molar-refractivity contribution in [3.63, 3.8) is 0 Å². The van der Waals surface area contributed by atoms with E-state index in [4.69, 9.17) is 5.73 Å². The molecule has 0 aliphatic heterocycles. The van der Waals surface area contributed by atoms with Gasteiger partial charge < -0.3 is 11.1 Å². The zero-order valence-electron chi connectivity index (χ0n) is 12.6. The molecule has 0 bridgehead atoms. The summed E-state index contributed by atoms with van der Waals surface area (Å²) in [4.78, 5) is 12.3. The topological polar surface area (TPSA) is 72.9 Å². The molecular formula is C16H26N4O. The van der Waals surface area contributed by atoms with Gasteiger partial charge in [-0.3, -0.25) is 9.48 Å². The second-order valence-electron chi connectivity index (χ2n) is 6.64. The largest absolute Gasteiger partial charge is 0.396 e. The molecule has 21 heavy (non-hydrogen) atoms. The molecule has 5 nitrogen and oxygen atoms in total. The molecular weight excluding hydrogens is 264 g/mol. The van der Waals surface area contributed by atoms with E-state index in [-0.39, 0.29) is 11.8 Å². The van der Waals surface area contributed by atoms with Gasteiger partial charge in [0.1, 0.15) is 0 Å². The molecule has 0 spiro atoms. The fraction of sp³-hybridized carbons (Fsp3) is 0.750. The lowest BCUT2D eigenvalue weighted by atomic mass is 9.67. The Morgan fingerprint density at radius 1 is 1.29 bits per heavy atom. The molecule has 3 N–H and O–H groups in total. The van der Waals surface area contributed by atoms with Gasteiger partial charge in [-0.1, -0.05) is 25.7 Å². The molecule has 3 unspecified atom stereocenters. The number of nitrogen functional groups attached to an aromatic ring is 1. The molecule has 0 aromatic carbocycles. The predicted molar refractivity (Wildman–Crippen MR) is 82.4 cm³/mol. The zero-order chi connectivity index (χ0) is 14.7. The standard InChI is InChI=1S/C16H26N4O/c17-15-10-19-20(11-15)8-7-18-16(21)14-6-5-12-3-1-2-4-13(12)9-14/h10-14H,1-9,17H2,(H,18,21). The number of hydrogen-bond acceptors (Lipinski definition) is 3. The Balaban J connectivity index is 1.43. The van der Waals surface area contributed by atoms with Crippen molar-refractivity contribution in [1.29, 1.82) is 0 Å². The number of fused-ring (bicyclic) bond motifs is 1. The van der Waals surface area contributed by atoms with Gasteiger partial charge in [0.2, 0.25) is 5.91 Å². The van der Waals surface area contributed by atoms with Crippen molar-refractivity contribution in [2.45, 2.75) is 51.5 Å². The molecule has 2 aliphatic rings. The van der Waals surface area contributed by atoms with E-state index >= 15 is 0 Å². The summed E-state index contributed by atoms with van der Waals surface area (Å²) in [5.74, 6) is 2.16. The van der Waals surface area contributed by atoms with Gasteiger partial charge in [-0.05, 0) is 31.1 Å². The van der Waals surface area contributed by atoms with Crippen LogP contribution in [0, 0.1) is 17.8 Å². The van der Waals surface area contributed by atoms with Gasteiger partial charge in [0, 0.05) is 18.7 Å². The maximum atomic E-state index is 12.3. The maximum Gasteiger partial charge on any atom is 0.223 e. The third-order valence-electron chi connectivity index (χ3n) is 5.20. The molecule has 0 radical (unpaired) electrons. The van der Waals surface area contributed by atoms with E-state index in [0.29, 0.717) is 18.8 Å². The van der Waals surface area contributed by atoms with Crippen molar-refractivity contribution in [2.24, 2.45) is 17.8 Å². The van der Waals surface area contributed by atoms with Gasteiger partial charge in [-0.25, -0.2) is 0 Å². The maximum absolute atomic E-state index is 12.3. The van der Waals surface area contributed by atoms with Crippen LogP contribution in [0.25, 0.3) is 0 Å². The highest BCUT2D eigenvalue weighted by Gasteiger charge is 2.34. The highest BCUT2D eigenvalue weighted by molar-refractivity contribution is 5.78. The predicted octanol–water partition coefficient (Wildman–Crippen LogP) is 2.19. The van der Waals surface area contributed by atoms with Crippen molar-refractivity contribution >= 4 is 11.6 Å². The van der Waals surface area contributed by atoms with E-state index in [1.807, 2.05) is 0 Å². The average molecular weight is 290 g/mol. The molecule has 2 saturated carbocycles. The van der Waals surface area contributed by atoms with E-state index in [1.165, 1.54) is 32.1 Å². The first-order valence-corrected chi connectivity index (χ1v) is 8.28. The van der Waals surface area contributed by atoms with Gasteiger partial charge in [0.05, 0.1) is 18.4 Å². The van der Waals surface area contributed by atoms with E-state index in [1.54, 1.807) is 17.1 Å². The summed E-state index contributed by atoms with van der Waals surface area (Å²) in [5, 5.41) is 7.18. The number of carbonyl (C=O) groups excluding carboxylic acids is 1. The number of amides is 1. The quantitative estimate of drug-likeness (QED) is 0.892. The minimum Gasteiger partial charge on any atom is -0.396 e. The number of aromatic nitrogens is 2. The first-order chi connectivity index (χ1) is 10.2. The average Bonchev–Trinajstić information content (AvgIpc) is 2.92. The Morgan fingerprint density at radius 2 is 2.10 bits per heavy atom. The number of nitrogens with zero attached hydrogens (tertiary/aromatic N) is 2.